The van der Waals surface area contributed by atoms with Crippen molar-refractivity contribution >= 4 is 11.8 Å². The van der Waals surface area contributed by atoms with E-state index in [4.69, 9.17) is 0 Å². The molecule has 0 amide bonds. The van der Waals surface area contributed by atoms with Crippen LogP contribution in [0.25, 0.3) is 0 Å². The van der Waals surface area contributed by atoms with Crippen molar-refractivity contribution in [2.45, 2.75) is 45.1 Å². The van der Waals surface area contributed by atoms with Crippen LogP contribution in [0.2, 0.25) is 0 Å². The Morgan fingerprint density at radius 1 is 1.43 bits per heavy atom. The molecule has 0 saturated heterocycles. The van der Waals surface area contributed by atoms with E-state index in [1.165, 1.54) is 7.11 Å². The number of ether oxygens (including phenoxy) is 1. The van der Waals surface area contributed by atoms with Crippen LogP contribution >= 0.6 is 0 Å². The number of hydrogen-bond donors (Lipinski definition) is 1. The van der Waals surface area contributed by atoms with Crippen LogP contribution in [0.3, 0.4) is 0 Å². The first kappa shape index (κ1) is 17.3. The summed E-state index contributed by atoms with van der Waals surface area (Å²) < 4.78 is 4.48. The van der Waals surface area contributed by atoms with E-state index in [0.717, 1.165) is 5.56 Å². The highest BCUT2D eigenvalue weighted by atomic mass is 16.5. The van der Waals surface area contributed by atoms with Gasteiger partial charge in [0.25, 0.3) is 0 Å². The normalized spacial score (nSPS) is 13.8. The van der Waals surface area contributed by atoms with Crippen LogP contribution in [0.5, 0.6) is 0 Å². The Labute approximate surface area is 125 Å². The van der Waals surface area contributed by atoms with Crippen molar-refractivity contribution in [1.29, 1.82) is 0 Å². The molecule has 0 aliphatic rings. The Morgan fingerprint density at radius 2 is 2.14 bits per heavy atom. The zero-order valence-electron chi connectivity index (χ0n) is 12.8. The number of hydrogen-bond acceptors (Lipinski definition) is 5. The standard InChI is InChI=1S/C16H23NO4/c1-12(2)16(20,10-14(18)9-15(19)21-3)7-6-13-5-4-8-17-11-13/h4-5,8,11-12,20H,6-7,9-10H2,1-3H3. The lowest BCUT2D eigenvalue weighted by Gasteiger charge is -2.31. The molecule has 5 heteroatoms. The van der Waals surface area contributed by atoms with Crippen LogP contribution in [0, 0.1) is 5.92 Å². The van der Waals surface area contributed by atoms with Gasteiger partial charge in [0.15, 0.2) is 0 Å². The minimum atomic E-state index is -1.12. The molecular formula is C16H23NO4. The minimum absolute atomic E-state index is 0.0416. The van der Waals surface area contributed by atoms with Gasteiger partial charge >= 0.3 is 5.97 Å². The zero-order valence-corrected chi connectivity index (χ0v) is 12.8. The molecule has 1 unspecified atom stereocenters. The first-order valence-electron chi connectivity index (χ1n) is 7.07. The first-order chi connectivity index (χ1) is 9.87. The average Bonchev–Trinajstić information content (AvgIpc) is 2.45. The van der Waals surface area contributed by atoms with Gasteiger partial charge in [-0.25, -0.2) is 0 Å². The lowest BCUT2D eigenvalue weighted by molar-refractivity contribution is -0.144. The summed E-state index contributed by atoms with van der Waals surface area (Å²) in [6, 6.07) is 3.77. The predicted octanol–water partition coefficient (Wildman–Crippen LogP) is 1.92. The Bertz CT molecular complexity index is 472. The third-order valence-electron chi connectivity index (χ3n) is 3.72. The third-order valence-corrected chi connectivity index (χ3v) is 3.72. The highest BCUT2D eigenvalue weighted by Gasteiger charge is 2.33. The van der Waals surface area contributed by atoms with Crippen LogP contribution < -0.4 is 0 Å². The van der Waals surface area contributed by atoms with Gasteiger partial charge in [-0.15, -0.1) is 0 Å². The maximum atomic E-state index is 11.9. The number of carbonyl (C=O) groups is 2. The second-order valence-electron chi connectivity index (χ2n) is 5.59. The fourth-order valence-corrected chi connectivity index (χ4v) is 2.13. The van der Waals surface area contributed by atoms with Crippen LogP contribution in [0.4, 0.5) is 0 Å². The number of rotatable bonds is 8. The average molecular weight is 293 g/mol. The molecule has 0 fully saturated rings. The van der Waals surface area contributed by atoms with E-state index in [0.29, 0.717) is 12.8 Å². The van der Waals surface area contributed by atoms with Crippen molar-refractivity contribution in [2.24, 2.45) is 5.92 Å². The van der Waals surface area contributed by atoms with Gasteiger partial charge in [0.05, 0.1) is 12.7 Å². The predicted molar refractivity (Wildman–Crippen MR) is 78.6 cm³/mol. The number of esters is 1. The molecule has 0 aliphatic carbocycles. The van der Waals surface area contributed by atoms with Crippen molar-refractivity contribution in [3.8, 4) is 0 Å². The largest absolute Gasteiger partial charge is 0.469 e. The third kappa shape index (κ3) is 5.63. The van der Waals surface area contributed by atoms with Crippen LogP contribution in [-0.2, 0) is 20.7 Å². The molecule has 1 N–H and O–H groups in total. The number of aryl methyl sites for hydroxylation is 1. The van der Waals surface area contributed by atoms with E-state index in [-0.39, 0.29) is 24.5 Å². The molecule has 1 aromatic rings. The summed E-state index contributed by atoms with van der Waals surface area (Å²) >= 11 is 0. The second kappa shape index (κ2) is 7.88. The zero-order chi connectivity index (χ0) is 15.9. The molecule has 0 saturated carbocycles. The fourth-order valence-electron chi connectivity index (χ4n) is 2.13. The van der Waals surface area contributed by atoms with E-state index in [1.807, 2.05) is 26.0 Å². The van der Waals surface area contributed by atoms with Gasteiger partial charge in [0.1, 0.15) is 12.2 Å². The molecule has 0 aromatic carbocycles. The highest BCUT2D eigenvalue weighted by molar-refractivity contribution is 5.95. The summed E-state index contributed by atoms with van der Waals surface area (Å²) in [6.07, 6.45) is 4.19. The summed E-state index contributed by atoms with van der Waals surface area (Å²) in [7, 11) is 1.24. The first-order valence-corrected chi connectivity index (χ1v) is 7.07. The quantitative estimate of drug-likeness (QED) is 0.585. The number of aliphatic hydroxyl groups is 1. The number of Topliss-reactive ketones (excluding diaryl/α,β-unsaturated/α-hetero) is 1. The van der Waals surface area contributed by atoms with E-state index >= 15 is 0 Å². The van der Waals surface area contributed by atoms with E-state index in [1.54, 1.807) is 12.4 Å². The molecule has 0 aliphatic heterocycles. The highest BCUT2D eigenvalue weighted by Crippen LogP contribution is 2.27. The minimum Gasteiger partial charge on any atom is -0.469 e. The smallest absolute Gasteiger partial charge is 0.313 e. The van der Waals surface area contributed by atoms with Crippen LogP contribution in [0.1, 0.15) is 38.7 Å². The molecule has 1 atom stereocenters. The Kier molecular flexibility index (Phi) is 6.49. The molecule has 1 aromatic heterocycles. The van der Waals surface area contributed by atoms with Gasteiger partial charge in [-0.1, -0.05) is 19.9 Å². The summed E-state index contributed by atoms with van der Waals surface area (Å²) in [5.74, 6) is -0.960. The molecule has 1 heterocycles. The number of nitrogens with zero attached hydrogens (tertiary/aromatic N) is 1. The Hall–Kier alpha value is -1.75. The lowest BCUT2D eigenvalue weighted by atomic mass is 9.80. The van der Waals surface area contributed by atoms with E-state index < -0.39 is 11.6 Å². The Balaban J connectivity index is 2.65. The summed E-state index contributed by atoms with van der Waals surface area (Å²) in [6.45, 7) is 3.74. The summed E-state index contributed by atoms with van der Waals surface area (Å²) in [5, 5.41) is 10.7. The molecule has 21 heavy (non-hydrogen) atoms. The van der Waals surface area contributed by atoms with Crippen molar-refractivity contribution in [2.75, 3.05) is 7.11 Å². The van der Waals surface area contributed by atoms with E-state index in [2.05, 4.69) is 9.72 Å². The molecule has 1 rings (SSSR count). The number of ketones is 1. The van der Waals surface area contributed by atoms with Crippen molar-refractivity contribution in [3.63, 3.8) is 0 Å². The maximum Gasteiger partial charge on any atom is 0.313 e. The molecule has 0 radical (unpaired) electrons. The maximum absolute atomic E-state index is 11.9. The van der Waals surface area contributed by atoms with Crippen LogP contribution in [-0.4, -0.2) is 34.6 Å². The topological polar surface area (TPSA) is 76.5 Å². The summed E-state index contributed by atoms with van der Waals surface area (Å²) in [4.78, 5) is 27.0. The molecule has 5 nitrogen and oxygen atoms in total. The molecule has 116 valence electrons. The number of methoxy groups -OCH3 is 1. The van der Waals surface area contributed by atoms with Gasteiger partial charge in [-0.2, -0.15) is 0 Å². The van der Waals surface area contributed by atoms with E-state index in [9.17, 15) is 14.7 Å². The van der Waals surface area contributed by atoms with Crippen LogP contribution in [0.15, 0.2) is 24.5 Å². The lowest BCUT2D eigenvalue weighted by Crippen LogP contribution is -2.38. The monoisotopic (exact) mass is 293 g/mol. The Morgan fingerprint density at radius 3 is 2.67 bits per heavy atom. The van der Waals surface area contributed by atoms with Gasteiger partial charge in [-0.3, -0.25) is 14.6 Å². The molecule has 0 spiro atoms. The van der Waals surface area contributed by atoms with Gasteiger partial charge in [0.2, 0.25) is 0 Å². The number of pyridine rings is 1. The number of aromatic nitrogens is 1. The van der Waals surface area contributed by atoms with Crippen molar-refractivity contribution in [1.82, 2.24) is 4.98 Å². The molecule has 0 bridgehead atoms. The second-order valence-corrected chi connectivity index (χ2v) is 5.59. The van der Waals surface area contributed by atoms with Gasteiger partial charge in [-0.05, 0) is 30.4 Å². The van der Waals surface area contributed by atoms with Crippen molar-refractivity contribution in [3.05, 3.63) is 30.1 Å². The van der Waals surface area contributed by atoms with Crippen molar-refractivity contribution < 1.29 is 19.4 Å². The summed E-state index contributed by atoms with van der Waals surface area (Å²) in [5.41, 5.74) is -0.113. The SMILES string of the molecule is COC(=O)CC(=O)CC(O)(CCc1cccnc1)C(C)C. The molecular weight excluding hydrogens is 270 g/mol. The van der Waals surface area contributed by atoms with Gasteiger partial charge in [0, 0.05) is 18.8 Å². The number of carbonyl (C=O) groups excluding carboxylic acids is 2. The van der Waals surface area contributed by atoms with Gasteiger partial charge < -0.3 is 9.84 Å². The fraction of sp³-hybridized carbons (Fsp3) is 0.562.